The van der Waals surface area contributed by atoms with E-state index in [2.05, 4.69) is 5.32 Å². The van der Waals surface area contributed by atoms with Crippen molar-refractivity contribution in [1.82, 2.24) is 5.32 Å². The van der Waals surface area contributed by atoms with E-state index in [9.17, 15) is 22.8 Å². The minimum Gasteiger partial charge on any atom is -0.481 e. The lowest BCUT2D eigenvalue weighted by Gasteiger charge is -2.29. The van der Waals surface area contributed by atoms with Gasteiger partial charge in [-0.1, -0.05) is 0 Å². The van der Waals surface area contributed by atoms with Crippen molar-refractivity contribution in [3.8, 4) is 0 Å². The van der Waals surface area contributed by atoms with Gasteiger partial charge in [-0.05, 0) is 31.6 Å². The van der Waals surface area contributed by atoms with Gasteiger partial charge in [0.25, 0.3) is 0 Å². The molecule has 1 saturated carbocycles. The van der Waals surface area contributed by atoms with Crippen LogP contribution in [0.4, 0.5) is 13.2 Å². The van der Waals surface area contributed by atoms with Gasteiger partial charge in [0, 0.05) is 18.7 Å². The number of hydrogen-bond donors (Lipinski definition) is 2. The number of amides is 1. The molecule has 0 spiro atoms. The summed E-state index contributed by atoms with van der Waals surface area (Å²) >= 11 is 1.21. The molecule has 0 aliphatic heterocycles. The number of carbonyl (C=O) groups excluding carboxylic acids is 1. The zero-order valence-corrected chi connectivity index (χ0v) is 12.4. The zero-order chi connectivity index (χ0) is 15.9. The smallest absolute Gasteiger partial charge is 0.391 e. The highest BCUT2D eigenvalue weighted by Crippen LogP contribution is 2.40. The van der Waals surface area contributed by atoms with Gasteiger partial charge in [0.2, 0.25) is 5.91 Å². The van der Waals surface area contributed by atoms with Crippen LogP contribution in [0.25, 0.3) is 0 Å². The Morgan fingerprint density at radius 1 is 1.19 bits per heavy atom. The van der Waals surface area contributed by atoms with Crippen LogP contribution in [-0.2, 0) is 9.59 Å². The molecule has 1 rings (SSSR count). The second-order valence-electron chi connectivity index (χ2n) is 5.26. The molecule has 4 nitrogen and oxygen atoms in total. The molecule has 0 bridgehead atoms. The van der Waals surface area contributed by atoms with Crippen molar-refractivity contribution in [3.05, 3.63) is 0 Å². The van der Waals surface area contributed by atoms with E-state index in [0.717, 1.165) is 0 Å². The Morgan fingerprint density at radius 3 is 2.33 bits per heavy atom. The number of hydrogen-bond acceptors (Lipinski definition) is 3. The van der Waals surface area contributed by atoms with Gasteiger partial charge in [-0.25, -0.2) is 0 Å². The molecule has 1 fully saturated rings. The number of carboxylic acid groups (broad SMARTS) is 1. The first kappa shape index (κ1) is 18.1. The van der Waals surface area contributed by atoms with Crippen LogP contribution < -0.4 is 5.32 Å². The Hall–Kier alpha value is -0.920. The normalized spacial score (nSPS) is 22.8. The molecule has 8 heteroatoms. The maximum atomic E-state index is 12.5. The van der Waals surface area contributed by atoms with Crippen molar-refractivity contribution in [1.29, 1.82) is 0 Å². The molecule has 1 aliphatic carbocycles. The molecule has 0 saturated heterocycles. The predicted octanol–water partition coefficient (Wildman–Crippen LogP) is 2.68. The number of halogens is 3. The van der Waals surface area contributed by atoms with E-state index in [0.29, 0.717) is 25.1 Å². The molecular formula is C13H20F3NO3S. The summed E-state index contributed by atoms with van der Waals surface area (Å²) in [5, 5.41) is 11.1. The second-order valence-corrected chi connectivity index (χ2v) is 6.36. The third-order valence-electron chi connectivity index (χ3n) is 3.58. The molecule has 1 amide bonds. The van der Waals surface area contributed by atoms with E-state index < -0.39 is 18.1 Å². The topological polar surface area (TPSA) is 66.4 Å². The quantitative estimate of drug-likeness (QED) is 0.706. The Balaban J connectivity index is 2.12. The van der Waals surface area contributed by atoms with E-state index in [1.165, 1.54) is 11.8 Å². The van der Waals surface area contributed by atoms with Crippen LogP contribution in [0.5, 0.6) is 0 Å². The molecule has 0 radical (unpaired) electrons. The number of nitrogens with one attached hydrogen (secondary N) is 1. The van der Waals surface area contributed by atoms with E-state index in [-0.39, 0.29) is 36.8 Å². The maximum absolute atomic E-state index is 12.5. The van der Waals surface area contributed by atoms with Crippen LogP contribution in [0.2, 0.25) is 0 Å². The van der Waals surface area contributed by atoms with Gasteiger partial charge in [0.15, 0.2) is 0 Å². The summed E-state index contributed by atoms with van der Waals surface area (Å²) in [6.07, 6.45) is -2.77. The molecular weight excluding hydrogens is 307 g/mol. The summed E-state index contributed by atoms with van der Waals surface area (Å²) < 4.78 is 37.5. The van der Waals surface area contributed by atoms with Crippen LogP contribution >= 0.6 is 11.8 Å². The molecule has 1 aliphatic rings. The fourth-order valence-electron chi connectivity index (χ4n) is 2.45. The number of carbonyl (C=O) groups is 2. The lowest BCUT2D eigenvalue weighted by molar-refractivity contribution is -0.184. The first-order valence-electron chi connectivity index (χ1n) is 6.92. The molecule has 21 heavy (non-hydrogen) atoms. The van der Waals surface area contributed by atoms with E-state index in [4.69, 9.17) is 5.11 Å². The van der Waals surface area contributed by atoms with E-state index in [1.807, 2.05) is 0 Å². The fraction of sp³-hybridized carbons (Fsp3) is 0.846. The first-order valence-corrected chi connectivity index (χ1v) is 8.07. The molecule has 2 N–H and O–H groups in total. The maximum Gasteiger partial charge on any atom is 0.391 e. The minimum absolute atomic E-state index is 0.00265. The molecule has 0 aromatic rings. The van der Waals surface area contributed by atoms with Crippen LogP contribution in [0, 0.1) is 11.8 Å². The third-order valence-corrected chi connectivity index (χ3v) is 4.52. The SMILES string of the molecule is O=C(O)CSCCNC(=O)CC1CCC(C(F)(F)F)CC1. The summed E-state index contributed by atoms with van der Waals surface area (Å²) in [4.78, 5) is 21.9. The van der Waals surface area contributed by atoms with Crippen molar-refractivity contribution in [2.24, 2.45) is 11.8 Å². The molecule has 122 valence electrons. The Bertz CT molecular complexity index is 355. The average molecular weight is 327 g/mol. The van der Waals surface area contributed by atoms with Crippen LogP contribution in [-0.4, -0.2) is 41.2 Å². The Labute approximate surface area is 125 Å². The molecule has 0 atom stereocenters. The van der Waals surface area contributed by atoms with Crippen LogP contribution in [0.3, 0.4) is 0 Å². The average Bonchev–Trinajstić information content (AvgIpc) is 2.37. The number of alkyl halides is 3. The van der Waals surface area contributed by atoms with Crippen molar-refractivity contribution in [2.75, 3.05) is 18.1 Å². The van der Waals surface area contributed by atoms with Crippen molar-refractivity contribution >= 4 is 23.6 Å². The monoisotopic (exact) mass is 327 g/mol. The molecule has 0 heterocycles. The number of rotatable bonds is 7. The summed E-state index contributed by atoms with van der Waals surface area (Å²) in [7, 11) is 0. The van der Waals surface area contributed by atoms with Crippen molar-refractivity contribution < 1.29 is 27.9 Å². The third kappa shape index (κ3) is 7.59. The molecule has 0 aromatic heterocycles. The van der Waals surface area contributed by atoms with Crippen LogP contribution in [0.15, 0.2) is 0 Å². The minimum atomic E-state index is -4.12. The summed E-state index contributed by atoms with van der Waals surface area (Å²) in [6, 6.07) is 0. The van der Waals surface area contributed by atoms with Gasteiger partial charge in [-0.15, -0.1) is 11.8 Å². The number of thioether (sulfide) groups is 1. The van der Waals surface area contributed by atoms with Crippen molar-refractivity contribution in [2.45, 2.75) is 38.3 Å². The van der Waals surface area contributed by atoms with Gasteiger partial charge >= 0.3 is 12.1 Å². The summed E-state index contributed by atoms with van der Waals surface area (Å²) in [5.41, 5.74) is 0. The zero-order valence-electron chi connectivity index (χ0n) is 11.6. The van der Waals surface area contributed by atoms with Crippen molar-refractivity contribution in [3.63, 3.8) is 0 Å². The molecule has 0 aromatic carbocycles. The molecule has 0 unspecified atom stereocenters. The number of carboxylic acids is 1. The van der Waals surface area contributed by atoms with Gasteiger partial charge in [0.1, 0.15) is 0 Å². The highest BCUT2D eigenvalue weighted by molar-refractivity contribution is 7.99. The Morgan fingerprint density at radius 2 is 1.81 bits per heavy atom. The summed E-state index contributed by atoms with van der Waals surface area (Å²) in [6.45, 7) is 0.384. The van der Waals surface area contributed by atoms with Gasteiger partial charge < -0.3 is 10.4 Å². The lowest BCUT2D eigenvalue weighted by Crippen LogP contribution is -2.31. The highest BCUT2D eigenvalue weighted by atomic mass is 32.2. The van der Waals surface area contributed by atoms with Gasteiger partial charge in [-0.3, -0.25) is 9.59 Å². The lowest BCUT2D eigenvalue weighted by atomic mass is 9.80. The first-order chi connectivity index (χ1) is 9.79. The van der Waals surface area contributed by atoms with Gasteiger partial charge in [-0.2, -0.15) is 13.2 Å². The van der Waals surface area contributed by atoms with Crippen LogP contribution in [0.1, 0.15) is 32.1 Å². The van der Waals surface area contributed by atoms with E-state index in [1.54, 1.807) is 0 Å². The predicted molar refractivity (Wildman–Crippen MR) is 74.1 cm³/mol. The van der Waals surface area contributed by atoms with Gasteiger partial charge in [0.05, 0.1) is 11.7 Å². The Kier molecular flexibility index (Phi) is 7.34. The second kappa shape index (κ2) is 8.51. The highest BCUT2D eigenvalue weighted by Gasteiger charge is 2.41. The fourth-order valence-corrected chi connectivity index (χ4v) is 3.02. The van der Waals surface area contributed by atoms with E-state index >= 15 is 0 Å². The number of aliphatic carboxylic acids is 1. The largest absolute Gasteiger partial charge is 0.481 e. The standard InChI is InChI=1S/C13H20F3NO3S/c14-13(15,16)10-3-1-9(2-4-10)7-11(18)17-5-6-21-8-12(19)20/h9-10H,1-8H2,(H,17,18)(H,19,20). The summed E-state index contributed by atoms with van der Waals surface area (Å²) in [5.74, 6) is -1.75.